The predicted octanol–water partition coefficient (Wildman–Crippen LogP) is 3.96. The number of imide groups is 2. The quantitative estimate of drug-likeness (QED) is 0.403. The number of hydrogen-bond donors (Lipinski definition) is 0. The van der Waals surface area contributed by atoms with E-state index < -0.39 is 70.6 Å². The number of cyclic esters (lactones) is 1. The predicted molar refractivity (Wildman–Crippen MR) is 124 cm³/mol. The fourth-order valence-electron chi connectivity index (χ4n) is 4.57. The summed E-state index contributed by atoms with van der Waals surface area (Å²) < 4.78 is 37.2. The Morgan fingerprint density at radius 2 is 1.47 bits per heavy atom. The van der Waals surface area contributed by atoms with Crippen LogP contribution in [0.3, 0.4) is 0 Å². The van der Waals surface area contributed by atoms with Gasteiger partial charge < -0.3 is 18.9 Å². The van der Waals surface area contributed by atoms with Crippen molar-refractivity contribution < 1.29 is 47.3 Å². The number of amides is 4. The Morgan fingerprint density at radius 3 is 1.83 bits per heavy atom. The second kappa shape index (κ2) is 8.88. The van der Waals surface area contributed by atoms with E-state index >= 15 is 4.39 Å². The molecule has 12 heteroatoms. The van der Waals surface area contributed by atoms with Gasteiger partial charge in [-0.1, -0.05) is 13.8 Å². The lowest BCUT2D eigenvalue weighted by molar-refractivity contribution is -0.155. The molecule has 204 valence electrons. The number of rotatable bonds is 4. The Labute approximate surface area is 210 Å². The summed E-state index contributed by atoms with van der Waals surface area (Å²) in [5.74, 6) is -3.17. The summed E-state index contributed by atoms with van der Waals surface area (Å²) >= 11 is 0. The van der Waals surface area contributed by atoms with Crippen molar-refractivity contribution in [1.29, 1.82) is 0 Å². The van der Waals surface area contributed by atoms with E-state index in [1.807, 2.05) is 0 Å². The molecular weight excluding hydrogens is 479 g/mol. The third-order valence-corrected chi connectivity index (χ3v) is 5.81. The number of alkyl halides is 1. The lowest BCUT2D eigenvalue weighted by Crippen LogP contribution is -2.61. The van der Waals surface area contributed by atoms with Gasteiger partial charge in [0.25, 0.3) is 5.91 Å². The summed E-state index contributed by atoms with van der Waals surface area (Å²) in [6.07, 6.45) is -4.90. The van der Waals surface area contributed by atoms with E-state index in [9.17, 15) is 24.0 Å². The Morgan fingerprint density at radius 1 is 1.03 bits per heavy atom. The highest BCUT2D eigenvalue weighted by Gasteiger charge is 2.86. The second-order valence-electron chi connectivity index (χ2n) is 12.0. The van der Waals surface area contributed by atoms with Crippen molar-refractivity contribution in [3.63, 3.8) is 0 Å². The molecule has 0 aromatic carbocycles. The molecule has 4 amide bonds. The van der Waals surface area contributed by atoms with E-state index in [4.69, 9.17) is 18.9 Å². The van der Waals surface area contributed by atoms with Crippen molar-refractivity contribution in [2.24, 2.45) is 5.92 Å². The normalized spacial score (nSPS) is 27.3. The van der Waals surface area contributed by atoms with Crippen LogP contribution in [0.4, 0.5) is 18.8 Å². The molecule has 1 heterocycles. The molecule has 3 atom stereocenters. The average molecular weight is 517 g/mol. The molecular formula is C24H37FN2O9. The van der Waals surface area contributed by atoms with Gasteiger partial charge in [-0.2, -0.15) is 4.90 Å². The zero-order chi connectivity index (χ0) is 28.2. The van der Waals surface area contributed by atoms with E-state index in [1.165, 1.54) is 41.5 Å². The number of esters is 1. The van der Waals surface area contributed by atoms with Gasteiger partial charge in [0.05, 0.1) is 13.2 Å². The Kier molecular flexibility index (Phi) is 7.23. The SMILES string of the molecule is COC(=O)C1(N(C(=O)OC(C)(C)C)C(=O)OC(C)(C)C)CC1(F)C(=O)N1C(=O)OC(C)(C)[C@@H]1C(C)C. The molecule has 2 unspecified atom stereocenters. The van der Waals surface area contributed by atoms with Gasteiger partial charge in [0, 0.05) is 6.42 Å². The maximum absolute atomic E-state index is 16.6. The Hall–Kier alpha value is -2.92. The third kappa shape index (κ3) is 4.99. The number of hydrogen-bond acceptors (Lipinski definition) is 9. The van der Waals surface area contributed by atoms with Crippen molar-refractivity contribution in [2.45, 2.75) is 110 Å². The lowest BCUT2D eigenvalue weighted by Gasteiger charge is -2.35. The van der Waals surface area contributed by atoms with E-state index in [1.54, 1.807) is 27.7 Å². The number of ether oxygens (including phenoxy) is 4. The van der Waals surface area contributed by atoms with Crippen LogP contribution in [0, 0.1) is 5.92 Å². The molecule has 1 aliphatic heterocycles. The van der Waals surface area contributed by atoms with Crippen LogP contribution < -0.4 is 0 Å². The molecule has 2 fully saturated rings. The molecule has 0 N–H and O–H groups in total. The summed E-state index contributed by atoms with van der Waals surface area (Å²) in [5, 5.41) is 0. The van der Waals surface area contributed by atoms with Crippen LogP contribution in [0.25, 0.3) is 0 Å². The smallest absolute Gasteiger partial charge is 0.421 e. The standard InChI is InChI=1S/C24H37FN2O9/c1-13(2)14-22(9,10)36-17(30)26(14)15(28)23(25)12-24(23,16(29)33-11)27(18(31)34-20(3,4)5)19(32)35-21(6,7)8/h13-14H,12H2,1-11H3/t14-,23?,24?/m0/s1. The Bertz CT molecular complexity index is 938. The maximum Gasteiger partial charge on any atom is 0.421 e. The van der Waals surface area contributed by atoms with Crippen molar-refractivity contribution in [2.75, 3.05) is 7.11 Å². The first kappa shape index (κ1) is 29.3. The van der Waals surface area contributed by atoms with Gasteiger partial charge in [0.2, 0.25) is 11.2 Å². The van der Waals surface area contributed by atoms with Crippen LogP contribution in [0.1, 0.15) is 75.7 Å². The zero-order valence-corrected chi connectivity index (χ0v) is 22.8. The van der Waals surface area contributed by atoms with Gasteiger partial charge >= 0.3 is 24.2 Å². The van der Waals surface area contributed by atoms with Crippen LogP contribution in [0.15, 0.2) is 0 Å². The molecule has 0 aromatic rings. The van der Waals surface area contributed by atoms with Crippen molar-refractivity contribution in [3.8, 4) is 0 Å². The molecule has 36 heavy (non-hydrogen) atoms. The summed E-state index contributed by atoms with van der Waals surface area (Å²) in [7, 11) is 0.916. The second-order valence-corrected chi connectivity index (χ2v) is 12.0. The number of nitrogens with zero attached hydrogens (tertiary/aromatic N) is 2. The van der Waals surface area contributed by atoms with Crippen molar-refractivity contribution >= 4 is 30.2 Å². The number of methoxy groups -OCH3 is 1. The van der Waals surface area contributed by atoms with Gasteiger partial charge in [-0.05, 0) is 61.3 Å². The minimum Gasteiger partial charge on any atom is -0.467 e. The zero-order valence-electron chi connectivity index (χ0n) is 22.8. The Balaban J connectivity index is 2.66. The minimum atomic E-state index is -3.21. The number of carbonyl (C=O) groups excluding carboxylic acids is 5. The molecule has 1 aliphatic carbocycles. The highest BCUT2D eigenvalue weighted by atomic mass is 19.1. The van der Waals surface area contributed by atoms with Crippen LogP contribution in [-0.2, 0) is 28.5 Å². The van der Waals surface area contributed by atoms with Gasteiger partial charge in [-0.25, -0.2) is 28.5 Å². The topological polar surface area (TPSA) is 129 Å². The molecule has 0 aromatic heterocycles. The monoisotopic (exact) mass is 516 g/mol. The molecule has 1 saturated carbocycles. The largest absolute Gasteiger partial charge is 0.467 e. The first-order valence-corrected chi connectivity index (χ1v) is 11.7. The summed E-state index contributed by atoms with van der Waals surface area (Å²) in [5.41, 5.74) is -9.44. The van der Waals surface area contributed by atoms with Gasteiger partial charge in [0.1, 0.15) is 16.8 Å². The van der Waals surface area contributed by atoms with E-state index in [2.05, 4.69) is 0 Å². The molecule has 0 radical (unpaired) electrons. The van der Waals surface area contributed by atoms with E-state index in [0.29, 0.717) is 4.90 Å². The highest BCUT2D eigenvalue weighted by molar-refractivity contribution is 6.11. The van der Waals surface area contributed by atoms with Gasteiger partial charge in [-0.3, -0.25) is 4.79 Å². The molecule has 2 aliphatic rings. The lowest BCUT2D eigenvalue weighted by atomic mass is 9.88. The minimum absolute atomic E-state index is 0.143. The van der Waals surface area contributed by atoms with Crippen LogP contribution >= 0.6 is 0 Å². The van der Waals surface area contributed by atoms with Crippen LogP contribution in [-0.4, -0.2) is 81.1 Å². The highest BCUT2D eigenvalue weighted by Crippen LogP contribution is 2.59. The van der Waals surface area contributed by atoms with Gasteiger partial charge in [-0.15, -0.1) is 0 Å². The summed E-state index contributed by atoms with van der Waals surface area (Å²) in [6, 6.07) is -0.891. The first-order chi connectivity index (χ1) is 16.1. The summed E-state index contributed by atoms with van der Waals surface area (Å²) in [6.45, 7) is 15.6. The van der Waals surface area contributed by atoms with Crippen molar-refractivity contribution in [3.05, 3.63) is 0 Å². The molecule has 11 nitrogen and oxygen atoms in total. The molecule has 1 saturated heterocycles. The fourth-order valence-corrected chi connectivity index (χ4v) is 4.57. The van der Waals surface area contributed by atoms with E-state index in [0.717, 1.165) is 7.11 Å². The number of carbonyl (C=O) groups is 5. The summed E-state index contributed by atoms with van der Waals surface area (Å²) in [4.78, 5) is 66.4. The van der Waals surface area contributed by atoms with Gasteiger partial charge in [0.15, 0.2) is 0 Å². The first-order valence-electron chi connectivity index (χ1n) is 11.7. The average Bonchev–Trinajstić information content (AvgIpc) is 3.19. The van der Waals surface area contributed by atoms with Crippen LogP contribution in [0.2, 0.25) is 0 Å². The molecule has 2 rings (SSSR count). The fraction of sp³-hybridized carbons (Fsp3) is 0.792. The maximum atomic E-state index is 16.6. The third-order valence-electron chi connectivity index (χ3n) is 5.81. The molecule has 0 spiro atoms. The van der Waals surface area contributed by atoms with Crippen LogP contribution in [0.5, 0.6) is 0 Å². The van der Waals surface area contributed by atoms with Crippen molar-refractivity contribution in [1.82, 2.24) is 9.80 Å². The number of halogens is 1. The van der Waals surface area contributed by atoms with E-state index in [-0.39, 0.29) is 10.8 Å². The molecule has 0 bridgehead atoms.